The van der Waals surface area contributed by atoms with Crippen molar-refractivity contribution in [2.24, 2.45) is 0 Å². The average Bonchev–Trinajstić information content (AvgIpc) is 4.14. The lowest BCUT2D eigenvalue weighted by molar-refractivity contribution is 0.568. The maximum Gasteiger partial charge on any atom is 0.252 e. The Labute approximate surface area is 426 Å². The van der Waals surface area contributed by atoms with Gasteiger partial charge in [-0.3, -0.25) is 0 Å². The van der Waals surface area contributed by atoms with E-state index in [2.05, 4.69) is 262 Å². The topological polar surface area (TPSA) is 13.1 Å². The first-order chi connectivity index (χ1) is 35.5. The maximum atomic E-state index is 2.63. The third kappa shape index (κ3) is 5.11. The standard InChI is InChI=1S/C69H52BN3/c1-67(2,3)41-37-42(68(4,5)6)39-44(38-41)72-57-31-18-13-25-47(57)50-40-56-66-62(64(50)72)49-27-14-19-32-58(49)73(66)60-34-20-33-59-63(60)70(56)55-36-35-54-61(65(55)71(59)43-21-8-7-9-22-43)48-26-12-17-30-53(48)69(54)51-28-15-10-23-45(51)46-24-11-16-29-52(46)69/h7-40H,1-6H3. The molecule has 0 N–H and O–H groups in total. The van der Waals surface area contributed by atoms with E-state index in [0.717, 1.165) is 5.69 Å². The van der Waals surface area contributed by atoms with Gasteiger partial charge in [0.25, 0.3) is 6.71 Å². The van der Waals surface area contributed by atoms with E-state index in [0.29, 0.717) is 0 Å². The fourth-order valence-electron chi connectivity index (χ4n) is 14.3. The van der Waals surface area contributed by atoms with Crippen LogP contribution in [0.5, 0.6) is 0 Å². The normalized spacial score (nSPS) is 14.5. The zero-order valence-electron chi connectivity index (χ0n) is 42.0. The Morgan fingerprint density at radius 2 is 0.959 bits per heavy atom. The Hall–Kier alpha value is -8.34. The Kier molecular flexibility index (Phi) is 7.92. The van der Waals surface area contributed by atoms with Crippen molar-refractivity contribution in [3.05, 3.63) is 240 Å². The molecule has 0 radical (unpaired) electrons. The van der Waals surface area contributed by atoms with E-state index in [9.17, 15) is 0 Å². The molecule has 0 fully saturated rings. The Morgan fingerprint density at radius 1 is 0.397 bits per heavy atom. The predicted molar refractivity (Wildman–Crippen MR) is 308 cm³/mol. The molecule has 0 unspecified atom stereocenters. The summed E-state index contributed by atoms with van der Waals surface area (Å²) in [6.07, 6.45) is 0. The zero-order valence-corrected chi connectivity index (χ0v) is 42.0. The van der Waals surface area contributed by atoms with E-state index in [1.165, 1.54) is 138 Å². The van der Waals surface area contributed by atoms with E-state index in [-0.39, 0.29) is 17.5 Å². The molecule has 4 heteroatoms. The molecule has 0 atom stereocenters. The number of aromatic nitrogens is 2. The second-order valence-electron chi connectivity index (χ2n) is 23.2. The zero-order chi connectivity index (χ0) is 48.9. The average molecular weight is 934 g/mol. The molecule has 0 saturated heterocycles. The van der Waals surface area contributed by atoms with Crippen LogP contribution in [0.15, 0.2) is 206 Å². The van der Waals surface area contributed by atoms with Gasteiger partial charge in [0.1, 0.15) is 0 Å². The first kappa shape index (κ1) is 41.3. The van der Waals surface area contributed by atoms with Crippen molar-refractivity contribution in [2.75, 3.05) is 4.90 Å². The van der Waals surface area contributed by atoms with Crippen LogP contribution < -0.4 is 21.3 Å². The van der Waals surface area contributed by atoms with Crippen LogP contribution in [0.1, 0.15) is 74.9 Å². The Morgan fingerprint density at radius 3 is 1.63 bits per heavy atom. The van der Waals surface area contributed by atoms with Gasteiger partial charge in [-0.15, -0.1) is 0 Å². The highest BCUT2D eigenvalue weighted by atomic mass is 15.2. The molecule has 4 aliphatic rings. The van der Waals surface area contributed by atoms with Crippen LogP contribution in [0.3, 0.4) is 0 Å². The summed E-state index contributed by atoms with van der Waals surface area (Å²) in [5, 5.41) is 5.15. The molecule has 10 aromatic carbocycles. The molecule has 0 saturated carbocycles. The van der Waals surface area contributed by atoms with Gasteiger partial charge in [0, 0.05) is 55.5 Å². The SMILES string of the molecule is CC(C)(C)c1cc(-n2c3ccccc3c3cc4c5c(c6ccccc6n5-c5cccc6c5B4c4ccc5c(c4N6c4ccccc4)-c4ccccc4C54c5ccccc5-c5ccccc54)c32)cc(C(C)(C)C)c1. The van der Waals surface area contributed by atoms with Crippen LogP contribution in [0.4, 0.5) is 17.1 Å². The first-order valence-corrected chi connectivity index (χ1v) is 26.1. The molecule has 0 bridgehead atoms. The molecule has 3 nitrogen and oxygen atoms in total. The Balaban J connectivity index is 1.07. The van der Waals surface area contributed by atoms with Crippen LogP contribution in [-0.4, -0.2) is 15.8 Å². The van der Waals surface area contributed by atoms with Crippen LogP contribution >= 0.6 is 0 Å². The summed E-state index contributed by atoms with van der Waals surface area (Å²) in [6.45, 7) is 14.0. The van der Waals surface area contributed by atoms with Crippen LogP contribution in [0.25, 0.3) is 77.2 Å². The monoisotopic (exact) mass is 933 g/mol. The highest BCUT2D eigenvalue weighted by Crippen LogP contribution is 2.65. The fourth-order valence-corrected chi connectivity index (χ4v) is 14.3. The van der Waals surface area contributed by atoms with Crippen molar-refractivity contribution in [2.45, 2.75) is 57.8 Å². The van der Waals surface area contributed by atoms with Gasteiger partial charge < -0.3 is 14.0 Å². The van der Waals surface area contributed by atoms with Crippen molar-refractivity contribution in [3.63, 3.8) is 0 Å². The number of benzene rings is 10. The fraction of sp³-hybridized carbons (Fsp3) is 0.130. The van der Waals surface area contributed by atoms with E-state index in [4.69, 9.17) is 0 Å². The molecule has 1 spiro atoms. The number of hydrogen-bond acceptors (Lipinski definition) is 1. The molecule has 12 aromatic rings. The lowest BCUT2D eigenvalue weighted by atomic mass is 9.33. The summed E-state index contributed by atoms with van der Waals surface area (Å²) in [4.78, 5) is 2.62. The lowest BCUT2D eigenvalue weighted by Gasteiger charge is -2.42. The van der Waals surface area contributed by atoms with Crippen molar-refractivity contribution < 1.29 is 0 Å². The van der Waals surface area contributed by atoms with E-state index in [1.54, 1.807) is 0 Å². The number of nitrogens with zero attached hydrogens (tertiary/aromatic N) is 3. The van der Waals surface area contributed by atoms with E-state index in [1.807, 2.05) is 0 Å². The smallest absolute Gasteiger partial charge is 0.252 e. The van der Waals surface area contributed by atoms with Gasteiger partial charge in [-0.2, -0.15) is 0 Å². The van der Waals surface area contributed by atoms with E-state index < -0.39 is 5.41 Å². The van der Waals surface area contributed by atoms with Crippen LogP contribution in [0.2, 0.25) is 0 Å². The van der Waals surface area contributed by atoms with Gasteiger partial charge in [0.15, 0.2) is 0 Å². The minimum atomic E-state index is -0.469. The summed E-state index contributed by atoms with van der Waals surface area (Å²) in [5.74, 6) is 0. The van der Waals surface area contributed by atoms with Gasteiger partial charge in [0.2, 0.25) is 0 Å². The molecular weight excluding hydrogens is 882 g/mol. The summed E-state index contributed by atoms with van der Waals surface area (Å²) < 4.78 is 5.24. The summed E-state index contributed by atoms with van der Waals surface area (Å²) in [6, 6.07) is 79.3. The Bertz CT molecular complexity index is 4340. The summed E-state index contributed by atoms with van der Waals surface area (Å²) >= 11 is 0. The molecule has 0 amide bonds. The second kappa shape index (κ2) is 14.0. The highest BCUT2D eigenvalue weighted by molar-refractivity contribution is 7.00. The van der Waals surface area contributed by atoms with Crippen molar-refractivity contribution in [3.8, 4) is 33.6 Å². The number of anilines is 3. The molecule has 16 rings (SSSR count). The first-order valence-electron chi connectivity index (χ1n) is 26.1. The minimum absolute atomic E-state index is 0.0393. The molecule has 346 valence electrons. The number of para-hydroxylation sites is 3. The van der Waals surface area contributed by atoms with E-state index >= 15 is 0 Å². The van der Waals surface area contributed by atoms with Gasteiger partial charge in [-0.1, -0.05) is 199 Å². The predicted octanol–water partition coefficient (Wildman–Crippen LogP) is 15.4. The van der Waals surface area contributed by atoms with Crippen molar-refractivity contribution in [1.82, 2.24) is 9.13 Å². The number of fused-ring (bicyclic) bond motifs is 22. The van der Waals surface area contributed by atoms with Gasteiger partial charge in [-0.25, -0.2) is 0 Å². The molecule has 2 aliphatic heterocycles. The molecule has 73 heavy (non-hydrogen) atoms. The van der Waals surface area contributed by atoms with Crippen LogP contribution in [0, 0.1) is 0 Å². The third-order valence-electron chi connectivity index (χ3n) is 17.4. The largest absolute Gasteiger partial charge is 0.311 e. The molecule has 4 heterocycles. The van der Waals surface area contributed by atoms with Crippen molar-refractivity contribution >= 4 is 83.8 Å². The minimum Gasteiger partial charge on any atom is -0.311 e. The van der Waals surface area contributed by atoms with Gasteiger partial charge in [-0.05, 0) is 126 Å². The second-order valence-corrected chi connectivity index (χ2v) is 23.2. The molecular formula is C69H52BN3. The van der Waals surface area contributed by atoms with Gasteiger partial charge >= 0.3 is 0 Å². The molecule has 2 aliphatic carbocycles. The quantitative estimate of drug-likeness (QED) is 0.157. The summed E-state index contributed by atoms with van der Waals surface area (Å²) in [7, 11) is 0. The molecule has 2 aromatic heterocycles. The highest BCUT2D eigenvalue weighted by Gasteiger charge is 2.54. The summed E-state index contributed by atoms with van der Waals surface area (Å²) in [5.41, 5.74) is 28.1. The van der Waals surface area contributed by atoms with Crippen molar-refractivity contribution in [1.29, 1.82) is 0 Å². The third-order valence-corrected chi connectivity index (χ3v) is 17.4. The maximum absolute atomic E-state index is 2.63. The number of rotatable bonds is 2. The van der Waals surface area contributed by atoms with Gasteiger partial charge in [0.05, 0.1) is 27.5 Å². The van der Waals surface area contributed by atoms with Crippen LogP contribution in [-0.2, 0) is 16.2 Å². The lowest BCUT2D eigenvalue weighted by Crippen LogP contribution is -2.60. The number of hydrogen-bond donors (Lipinski definition) is 0.